The first-order chi connectivity index (χ1) is 9.15. The quantitative estimate of drug-likeness (QED) is 0.887. The molecule has 1 aromatic heterocycles. The number of benzene rings is 1. The normalized spacial score (nSPS) is 17.7. The van der Waals surface area contributed by atoms with Crippen LogP contribution in [0.4, 0.5) is 0 Å². The molecule has 0 aliphatic heterocycles. The van der Waals surface area contributed by atoms with Gasteiger partial charge in [0.05, 0.1) is 11.0 Å². The van der Waals surface area contributed by atoms with Crippen molar-refractivity contribution in [1.82, 2.24) is 15.3 Å². The third-order valence-corrected chi connectivity index (χ3v) is 3.94. The van der Waals surface area contributed by atoms with Gasteiger partial charge in [0.15, 0.2) is 0 Å². The van der Waals surface area contributed by atoms with Gasteiger partial charge in [0.2, 0.25) is 5.91 Å². The third-order valence-electron chi connectivity index (χ3n) is 3.94. The van der Waals surface area contributed by atoms with Crippen molar-refractivity contribution in [2.45, 2.75) is 39.0 Å². The Labute approximate surface area is 112 Å². The third kappa shape index (κ3) is 2.23. The van der Waals surface area contributed by atoms with E-state index >= 15 is 0 Å². The molecule has 1 aliphatic rings. The van der Waals surface area contributed by atoms with Crippen molar-refractivity contribution >= 4 is 16.9 Å². The molecular weight excluding hydrogens is 238 g/mol. The van der Waals surface area contributed by atoms with E-state index in [4.69, 9.17) is 0 Å². The monoisotopic (exact) mass is 257 g/mol. The Morgan fingerprint density at radius 2 is 2.37 bits per heavy atom. The summed E-state index contributed by atoms with van der Waals surface area (Å²) in [7, 11) is 0. The molecule has 1 aromatic carbocycles. The summed E-state index contributed by atoms with van der Waals surface area (Å²) in [5, 5.41) is 2.89. The van der Waals surface area contributed by atoms with E-state index in [1.165, 1.54) is 17.5 Å². The summed E-state index contributed by atoms with van der Waals surface area (Å²) in [6.07, 6.45) is 3.29. The second kappa shape index (κ2) is 4.68. The number of aromatic amines is 1. The molecule has 2 N–H and O–H groups in total. The van der Waals surface area contributed by atoms with Gasteiger partial charge in [0.25, 0.3) is 0 Å². The minimum absolute atomic E-state index is 0.0482. The van der Waals surface area contributed by atoms with Crippen molar-refractivity contribution in [3.05, 3.63) is 29.1 Å². The highest BCUT2D eigenvalue weighted by molar-refractivity contribution is 5.81. The maximum atomic E-state index is 11.0. The zero-order chi connectivity index (χ0) is 13.4. The zero-order valence-electron chi connectivity index (χ0n) is 11.4. The molecule has 0 saturated heterocycles. The van der Waals surface area contributed by atoms with Crippen LogP contribution in [0.1, 0.15) is 42.6 Å². The van der Waals surface area contributed by atoms with Gasteiger partial charge < -0.3 is 10.3 Å². The number of nitrogens with one attached hydrogen (secondary N) is 2. The average Bonchev–Trinajstić information content (AvgIpc) is 2.90. The summed E-state index contributed by atoms with van der Waals surface area (Å²) < 4.78 is 0. The number of nitrogens with zero attached hydrogens (tertiary/aromatic N) is 1. The lowest BCUT2D eigenvalue weighted by Crippen LogP contribution is -2.22. The molecule has 0 fully saturated rings. The molecule has 2 aromatic rings. The van der Waals surface area contributed by atoms with Gasteiger partial charge in [-0.05, 0) is 49.3 Å². The van der Waals surface area contributed by atoms with Crippen molar-refractivity contribution in [3.63, 3.8) is 0 Å². The molecule has 1 heterocycles. The topological polar surface area (TPSA) is 57.8 Å². The van der Waals surface area contributed by atoms with Gasteiger partial charge in [-0.25, -0.2) is 4.98 Å². The largest absolute Gasteiger partial charge is 0.356 e. The summed E-state index contributed by atoms with van der Waals surface area (Å²) in [5.41, 5.74) is 5.07. The maximum absolute atomic E-state index is 11.0. The fourth-order valence-electron chi connectivity index (χ4n) is 3.12. The summed E-state index contributed by atoms with van der Waals surface area (Å²) in [6.45, 7) is 4.31. The molecule has 1 unspecified atom stereocenters. The van der Waals surface area contributed by atoms with E-state index in [1.807, 2.05) is 6.92 Å². The number of aromatic nitrogens is 2. The highest BCUT2D eigenvalue weighted by Crippen LogP contribution is 2.39. The number of fused-ring (bicyclic) bond motifs is 3. The number of imidazole rings is 1. The Balaban J connectivity index is 1.89. The summed E-state index contributed by atoms with van der Waals surface area (Å²) in [4.78, 5) is 18.9. The van der Waals surface area contributed by atoms with Gasteiger partial charge in [0, 0.05) is 13.5 Å². The first-order valence-corrected chi connectivity index (χ1v) is 6.87. The van der Waals surface area contributed by atoms with Gasteiger partial charge in [-0.2, -0.15) is 0 Å². The molecule has 4 nitrogen and oxygen atoms in total. The van der Waals surface area contributed by atoms with Crippen LogP contribution in [0.3, 0.4) is 0 Å². The highest BCUT2D eigenvalue weighted by atomic mass is 16.1. The average molecular weight is 257 g/mol. The lowest BCUT2D eigenvalue weighted by Gasteiger charge is -2.12. The second-order valence-electron chi connectivity index (χ2n) is 5.36. The Morgan fingerprint density at radius 1 is 1.53 bits per heavy atom. The van der Waals surface area contributed by atoms with Gasteiger partial charge in [0.1, 0.15) is 5.82 Å². The number of carbonyl (C=O) groups excluding carboxylic acids is 1. The minimum Gasteiger partial charge on any atom is -0.356 e. The fraction of sp³-hybridized carbons (Fsp3) is 0.467. The van der Waals surface area contributed by atoms with Gasteiger partial charge in [-0.1, -0.05) is 6.07 Å². The molecule has 0 spiro atoms. The van der Waals surface area contributed by atoms with E-state index in [-0.39, 0.29) is 5.91 Å². The van der Waals surface area contributed by atoms with Gasteiger partial charge >= 0.3 is 0 Å². The minimum atomic E-state index is 0.0482. The second-order valence-corrected chi connectivity index (χ2v) is 5.36. The van der Waals surface area contributed by atoms with Crippen LogP contribution in [-0.2, 0) is 11.2 Å². The molecular formula is C15H19N3O. The molecule has 1 amide bonds. The lowest BCUT2D eigenvalue weighted by atomic mass is 9.96. The highest BCUT2D eigenvalue weighted by Gasteiger charge is 2.25. The van der Waals surface area contributed by atoms with Crippen LogP contribution in [0.25, 0.3) is 11.0 Å². The Hall–Kier alpha value is -1.84. The molecule has 1 aliphatic carbocycles. The van der Waals surface area contributed by atoms with Crippen LogP contribution in [-0.4, -0.2) is 22.4 Å². The number of amides is 1. The SMILES string of the molecule is CC(=O)NCCC1CCc2ccc3[nH]c(C)nc3c21. The number of hydrogen-bond donors (Lipinski definition) is 2. The molecule has 0 radical (unpaired) electrons. The van der Waals surface area contributed by atoms with Crippen LogP contribution in [0.2, 0.25) is 0 Å². The predicted octanol–water partition coefficient (Wildman–Crippen LogP) is 2.43. The van der Waals surface area contributed by atoms with E-state index in [9.17, 15) is 4.79 Å². The van der Waals surface area contributed by atoms with E-state index in [0.29, 0.717) is 5.92 Å². The molecule has 3 rings (SSSR count). The number of aryl methyl sites for hydroxylation is 2. The fourth-order valence-corrected chi connectivity index (χ4v) is 3.12. The van der Waals surface area contributed by atoms with Crippen LogP contribution < -0.4 is 5.32 Å². The molecule has 19 heavy (non-hydrogen) atoms. The van der Waals surface area contributed by atoms with Crippen LogP contribution in [0.5, 0.6) is 0 Å². The lowest BCUT2D eigenvalue weighted by molar-refractivity contribution is -0.118. The zero-order valence-corrected chi connectivity index (χ0v) is 11.4. The van der Waals surface area contributed by atoms with E-state index < -0.39 is 0 Å². The Bertz CT molecular complexity index is 630. The number of H-pyrrole nitrogens is 1. The van der Waals surface area contributed by atoms with Crippen molar-refractivity contribution in [2.24, 2.45) is 0 Å². The number of hydrogen-bond acceptors (Lipinski definition) is 2. The molecule has 0 bridgehead atoms. The van der Waals surface area contributed by atoms with Gasteiger partial charge in [-0.3, -0.25) is 4.79 Å². The first-order valence-electron chi connectivity index (χ1n) is 6.87. The molecule has 4 heteroatoms. The van der Waals surface area contributed by atoms with Crippen LogP contribution in [0, 0.1) is 6.92 Å². The predicted molar refractivity (Wildman–Crippen MR) is 75.2 cm³/mol. The van der Waals surface area contributed by atoms with Crippen molar-refractivity contribution in [2.75, 3.05) is 6.54 Å². The van der Waals surface area contributed by atoms with E-state index in [1.54, 1.807) is 6.92 Å². The van der Waals surface area contributed by atoms with Crippen LogP contribution in [0.15, 0.2) is 12.1 Å². The van der Waals surface area contributed by atoms with E-state index in [2.05, 4.69) is 27.4 Å². The number of carbonyl (C=O) groups is 1. The summed E-state index contributed by atoms with van der Waals surface area (Å²) in [6, 6.07) is 4.35. The van der Waals surface area contributed by atoms with Crippen LogP contribution >= 0.6 is 0 Å². The summed E-state index contributed by atoms with van der Waals surface area (Å²) >= 11 is 0. The Kier molecular flexibility index (Phi) is 3.01. The van der Waals surface area contributed by atoms with Crippen molar-refractivity contribution in [1.29, 1.82) is 0 Å². The number of rotatable bonds is 3. The molecule has 1 atom stereocenters. The van der Waals surface area contributed by atoms with Gasteiger partial charge in [-0.15, -0.1) is 0 Å². The van der Waals surface area contributed by atoms with Crippen molar-refractivity contribution < 1.29 is 4.79 Å². The summed E-state index contributed by atoms with van der Waals surface area (Å²) in [5.74, 6) is 1.54. The Morgan fingerprint density at radius 3 is 3.16 bits per heavy atom. The van der Waals surface area contributed by atoms with Crippen molar-refractivity contribution in [3.8, 4) is 0 Å². The van der Waals surface area contributed by atoms with E-state index in [0.717, 1.165) is 36.2 Å². The standard InChI is InChI=1S/C15H19N3O/c1-9-17-13-6-5-11-3-4-12(7-8-16-10(2)19)14(11)15(13)18-9/h5-6,12H,3-4,7-8H2,1-2H3,(H,16,19)(H,17,18). The molecule has 0 saturated carbocycles. The smallest absolute Gasteiger partial charge is 0.216 e. The maximum Gasteiger partial charge on any atom is 0.216 e. The first kappa shape index (κ1) is 12.2. The molecule has 100 valence electrons.